The van der Waals surface area contributed by atoms with Crippen molar-refractivity contribution in [3.8, 4) is 6.07 Å². The summed E-state index contributed by atoms with van der Waals surface area (Å²) in [7, 11) is 0. The molecule has 2 heterocycles. The minimum Gasteiger partial charge on any atom is -0.297 e. The number of carbonyl (C=O) groups excluding carboxylic acids is 1. The zero-order valence-electron chi connectivity index (χ0n) is 7.77. The van der Waals surface area contributed by atoms with Crippen LogP contribution in [0.4, 0.5) is 0 Å². The second kappa shape index (κ2) is 4.39. The first kappa shape index (κ1) is 10.1. The molecule has 0 N–H and O–H groups in total. The van der Waals surface area contributed by atoms with Gasteiger partial charge in [0.15, 0.2) is 6.29 Å². The SMILES string of the molecule is N#Cc1cc(Cc2csc(C=O)c2)cs1. The summed E-state index contributed by atoms with van der Waals surface area (Å²) in [5, 5.41) is 12.6. The van der Waals surface area contributed by atoms with E-state index in [9.17, 15) is 4.79 Å². The number of nitrogens with zero attached hydrogens (tertiary/aromatic N) is 1. The zero-order chi connectivity index (χ0) is 10.7. The van der Waals surface area contributed by atoms with Gasteiger partial charge in [-0.05, 0) is 40.4 Å². The molecule has 0 spiro atoms. The Bertz CT molecular complexity index is 519. The molecule has 2 aromatic heterocycles. The van der Waals surface area contributed by atoms with Crippen LogP contribution in [-0.2, 0) is 6.42 Å². The summed E-state index contributed by atoms with van der Waals surface area (Å²) >= 11 is 2.91. The summed E-state index contributed by atoms with van der Waals surface area (Å²) in [4.78, 5) is 12.0. The molecule has 0 amide bonds. The van der Waals surface area contributed by atoms with E-state index in [2.05, 4.69) is 6.07 Å². The third kappa shape index (κ3) is 2.32. The van der Waals surface area contributed by atoms with Crippen molar-refractivity contribution in [1.82, 2.24) is 0 Å². The van der Waals surface area contributed by atoms with E-state index in [0.717, 1.165) is 33.6 Å². The minimum absolute atomic E-state index is 0.732. The Kier molecular flexibility index (Phi) is 2.95. The predicted octanol–water partition coefficient (Wildman–Crippen LogP) is 3.08. The van der Waals surface area contributed by atoms with Crippen molar-refractivity contribution in [2.24, 2.45) is 0 Å². The fourth-order valence-electron chi connectivity index (χ4n) is 1.31. The van der Waals surface area contributed by atoms with Crippen LogP contribution in [0.15, 0.2) is 22.9 Å². The van der Waals surface area contributed by atoms with E-state index in [1.807, 2.05) is 22.9 Å². The number of aldehydes is 1. The maximum absolute atomic E-state index is 10.5. The molecule has 2 aromatic rings. The Morgan fingerprint density at radius 3 is 2.60 bits per heavy atom. The normalized spacial score (nSPS) is 9.80. The monoisotopic (exact) mass is 233 g/mol. The fraction of sp³-hybridized carbons (Fsp3) is 0.0909. The van der Waals surface area contributed by atoms with Crippen molar-refractivity contribution in [1.29, 1.82) is 5.26 Å². The Hall–Kier alpha value is -1.44. The lowest BCUT2D eigenvalue weighted by Gasteiger charge is -1.91. The van der Waals surface area contributed by atoms with Gasteiger partial charge in [0, 0.05) is 0 Å². The maximum Gasteiger partial charge on any atom is 0.160 e. The fourth-order valence-corrected chi connectivity index (χ4v) is 2.73. The highest BCUT2D eigenvalue weighted by molar-refractivity contribution is 7.11. The number of hydrogen-bond donors (Lipinski definition) is 0. The zero-order valence-corrected chi connectivity index (χ0v) is 9.40. The quantitative estimate of drug-likeness (QED) is 0.764. The molecule has 2 nitrogen and oxygen atoms in total. The number of nitriles is 1. The second-order valence-corrected chi connectivity index (χ2v) is 4.94. The predicted molar refractivity (Wildman–Crippen MR) is 61.5 cm³/mol. The Morgan fingerprint density at radius 1 is 1.27 bits per heavy atom. The first-order valence-electron chi connectivity index (χ1n) is 4.32. The van der Waals surface area contributed by atoms with Crippen LogP contribution in [-0.4, -0.2) is 6.29 Å². The first-order chi connectivity index (χ1) is 7.31. The van der Waals surface area contributed by atoms with Gasteiger partial charge in [-0.15, -0.1) is 22.7 Å². The molecule has 0 radical (unpaired) electrons. The number of rotatable bonds is 3. The summed E-state index contributed by atoms with van der Waals surface area (Å²) < 4.78 is 0. The molecule has 0 saturated heterocycles. The third-order valence-electron chi connectivity index (χ3n) is 1.96. The molecule has 0 aliphatic rings. The largest absolute Gasteiger partial charge is 0.297 e. The third-order valence-corrected chi connectivity index (χ3v) is 3.75. The molecule has 0 unspecified atom stereocenters. The van der Waals surface area contributed by atoms with Gasteiger partial charge in [0.05, 0.1) is 4.88 Å². The molecule has 0 bridgehead atoms. The molecule has 4 heteroatoms. The summed E-state index contributed by atoms with van der Waals surface area (Å²) in [6.45, 7) is 0. The van der Waals surface area contributed by atoms with Crippen LogP contribution < -0.4 is 0 Å². The molecule has 0 saturated carbocycles. The van der Waals surface area contributed by atoms with Gasteiger partial charge in [0.2, 0.25) is 0 Å². The lowest BCUT2D eigenvalue weighted by Crippen LogP contribution is -1.81. The Balaban J connectivity index is 2.15. The average molecular weight is 233 g/mol. The van der Waals surface area contributed by atoms with Gasteiger partial charge < -0.3 is 0 Å². The standard InChI is InChI=1S/C11H7NOS2/c12-4-10-2-8(6-14-10)1-9-3-11(5-13)15-7-9/h2-3,5-7H,1H2. The van der Waals surface area contributed by atoms with E-state index in [4.69, 9.17) is 5.26 Å². The maximum atomic E-state index is 10.5. The van der Waals surface area contributed by atoms with Crippen LogP contribution in [0.25, 0.3) is 0 Å². The molecule has 0 atom stereocenters. The molecule has 0 fully saturated rings. The topological polar surface area (TPSA) is 40.9 Å². The van der Waals surface area contributed by atoms with E-state index in [-0.39, 0.29) is 0 Å². The van der Waals surface area contributed by atoms with Crippen molar-refractivity contribution in [2.75, 3.05) is 0 Å². The van der Waals surface area contributed by atoms with Crippen LogP contribution >= 0.6 is 22.7 Å². The highest BCUT2D eigenvalue weighted by Crippen LogP contribution is 2.20. The van der Waals surface area contributed by atoms with Gasteiger partial charge in [-0.2, -0.15) is 5.26 Å². The van der Waals surface area contributed by atoms with E-state index in [1.165, 1.54) is 22.7 Å². The average Bonchev–Trinajstić information content (AvgIpc) is 2.87. The van der Waals surface area contributed by atoms with Crippen LogP contribution in [0.1, 0.15) is 25.7 Å². The summed E-state index contributed by atoms with van der Waals surface area (Å²) in [6, 6.07) is 5.90. The number of thiophene rings is 2. The summed E-state index contributed by atoms with van der Waals surface area (Å²) in [5.74, 6) is 0. The van der Waals surface area contributed by atoms with Crippen molar-refractivity contribution >= 4 is 29.0 Å². The Morgan fingerprint density at radius 2 is 2.00 bits per heavy atom. The smallest absolute Gasteiger partial charge is 0.160 e. The molecular formula is C11H7NOS2. The van der Waals surface area contributed by atoms with E-state index >= 15 is 0 Å². The second-order valence-electron chi connectivity index (χ2n) is 3.08. The summed E-state index contributed by atoms with van der Waals surface area (Å²) in [5.41, 5.74) is 2.26. The van der Waals surface area contributed by atoms with Crippen molar-refractivity contribution in [3.63, 3.8) is 0 Å². The highest BCUT2D eigenvalue weighted by atomic mass is 32.1. The van der Waals surface area contributed by atoms with Crippen molar-refractivity contribution in [2.45, 2.75) is 6.42 Å². The van der Waals surface area contributed by atoms with Gasteiger partial charge in [-0.25, -0.2) is 0 Å². The van der Waals surface area contributed by atoms with Crippen LogP contribution in [0, 0.1) is 11.3 Å². The molecule has 74 valence electrons. The van der Waals surface area contributed by atoms with Crippen LogP contribution in [0.5, 0.6) is 0 Å². The lowest BCUT2D eigenvalue weighted by atomic mass is 10.1. The van der Waals surface area contributed by atoms with E-state index < -0.39 is 0 Å². The number of hydrogen-bond acceptors (Lipinski definition) is 4. The van der Waals surface area contributed by atoms with Gasteiger partial charge >= 0.3 is 0 Å². The Labute approximate surface area is 95.4 Å². The molecule has 0 aliphatic heterocycles. The van der Waals surface area contributed by atoms with Gasteiger partial charge in [0.25, 0.3) is 0 Å². The van der Waals surface area contributed by atoms with Crippen LogP contribution in [0.2, 0.25) is 0 Å². The molecule has 0 aliphatic carbocycles. The van der Waals surface area contributed by atoms with Gasteiger partial charge in [-0.1, -0.05) is 0 Å². The van der Waals surface area contributed by atoms with Crippen molar-refractivity contribution in [3.05, 3.63) is 43.8 Å². The molecule has 15 heavy (non-hydrogen) atoms. The van der Waals surface area contributed by atoms with E-state index in [1.54, 1.807) is 0 Å². The highest BCUT2D eigenvalue weighted by Gasteiger charge is 2.03. The van der Waals surface area contributed by atoms with Crippen LogP contribution in [0.3, 0.4) is 0 Å². The van der Waals surface area contributed by atoms with Crippen molar-refractivity contribution < 1.29 is 4.79 Å². The minimum atomic E-state index is 0.732. The molecule has 0 aromatic carbocycles. The summed E-state index contributed by atoms with van der Waals surface area (Å²) in [6.07, 6.45) is 1.66. The van der Waals surface area contributed by atoms with Gasteiger partial charge in [-0.3, -0.25) is 4.79 Å². The first-order valence-corrected chi connectivity index (χ1v) is 6.08. The van der Waals surface area contributed by atoms with Gasteiger partial charge in [0.1, 0.15) is 10.9 Å². The number of carbonyl (C=O) groups is 1. The molecular weight excluding hydrogens is 226 g/mol. The molecule has 2 rings (SSSR count). The van der Waals surface area contributed by atoms with E-state index in [0.29, 0.717) is 0 Å². The lowest BCUT2D eigenvalue weighted by molar-refractivity contribution is 0.112.